The fourth-order valence-corrected chi connectivity index (χ4v) is 2.68. The zero-order valence-electron chi connectivity index (χ0n) is 12.6. The number of furan rings is 1. The van der Waals surface area contributed by atoms with Gasteiger partial charge in [-0.15, -0.1) is 0 Å². The number of rotatable bonds is 5. The number of hydrogen-bond acceptors (Lipinski definition) is 3. The number of amides is 1. The Labute approximate surface area is 139 Å². The maximum absolute atomic E-state index is 12.3. The SMILES string of the molecule is CO[C@H](CNC(=O)c1cc2ccccc2o1)c1ccccc1Cl. The molecular weight excluding hydrogens is 314 g/mol. The van der Waals surface area contributed by atoms with Gasteiger partial charge in [-0.2, -0.15) is 0 Å². The van der Waals surface area contributed by atoms with Crippen LogP contribution in [0.4, 0.5) is 0 Å². The van der Waals surface area contributed by atoms with E-state index in [1.807, 2.05) is 42.5 Å². The van der Waals surface area contributed by atoms with E-state index in [1.165, 1.54) is 0 Å². The van der Waals surface area contributed by atoms with Crippen LogP contribution in [0.1, 0.15) is 22.2 Å². The Kier molecular flexibility index (Phi) is 4.65. The Morgan fingerprint density at radius 2 is 1.96 bits per heavy atom. The van der Waals surface area contributed by atoms with E-state index < -0.39 is 0 Å². The van der Waals surface area contributed by atoms with Crippen molar-refractivity contribution in [3.05, 3.63) is 70.9 Å². The van der Waals surface area contributed by atoms with Gasteiger partial charge in [-0.3, -0.25) is 4.79 Å². The molecule has 2 aromatic carbocycles. The highest BCUT2D eigenvalue weighted by Gasteiger charge is 2.17. The second-order valence-corrected chi connectivity index (χ2v) is 5.51. The van der Waals surface area contributed by atoms with Crippen molar-refractivity contribution in [2.24, 2.45) is 0 Å². The molecule has 0 aliphatic heterocycles. The van der Waals surface area contributed by atoms with Crippen LogP contribution in [0, 0.1) is 0 Å². The summed E-state index contributed by atoms with van der Waals surface area (Å²) in [5.74, 6) is -0.00415. The Balaban J connectivity index is 1.71. The molecule has 23 heavy (non-hydrogen) atoms. The predicted octanol–water partition coefficient (Wildman–Crippen LogP) is 4.20. The Bertz CT molecular complexity index is 795. The van der Waals surface area contributed by atoms with Gasteiger partial charge in [0.25, 0.3) is 5.91 Å². The lowest BCUT2D eigenvalue weighted by Gasteiger charge is -2.17. The fourth-order valence-electron chi connectivity index (χ4n) is 2.42. The zero-order valence-corrected chi connectivity index (χ0v) is 13.3. The molecule has 118 valence electrons. The molecule has 1 heterocycles. The highest BCUT2D eigenvalue weighted by atomic mass is 35.5. The van der Waals surface area contributed by atoms with Crippen molar-refractivity contribution in [2.75, 3.05) is 13.7 Å². The summed E-state index contributed by atoms with van der Waals surface area (Å²) in [6, 6.07) is 16.6. The molecule has 1 aromatic heterocycles. The van der Waals surface area contributed by atoms with Gasteiger partial charge < -0.3 is 14.5 Å². The van der Waals surface area contributed by atoms with Crippen LogP contribution in [0.2, 0.25) is 5.02 Å². The lowest BCUT2D eigenvalue weighted by atomic mass is 10.1. The molecule has 3 rings (SSSR count). The molecule has 0 aliphatic rings. The van der Waals surface area contributed by atoms with Crippen molar-refractivity contribution in [1.29, 1.82) is 0 Å². The number of nitrogens with one attached hydrogen (secondary N) is 1. The number of halogens is 1. The number of carbonyl (C=O) groups is 1. The molecule has 1 amide bonds. The van der Waals surface area contributed by atoms with Gasteiger partial charge in [-0.1, -0.05) is 48.0 Å². The van der Waals surface area contributed by atoms with Crippen molar-refractivity contribution in [2.45, 2.75) is 6.10 Å². The van der Waals surface area contributed by atoms with Gasteiger partial charge in [0.2, 0.25) is 0 Å². The van der Waals surface area contributed by atoms with E-state index in [9.17, 15) is 4.79 Å². The topological polar surface area (TPSA) is 51.5 Å². The fraction of sp³-hybridized carbons (Fsp3) is 0.167. The molecule has 1 atom stereocenters. The Morgan fingerprint density at radius 3 is 2.70 bits per heavy atom. The lowest BCUT2D eigenvalue weighted by Crippen LogP contribution is -2.29. The molecule has 4 nitrogen and oxygen atoms in total. The smallest absolute Gasteiger partial charge is 0.287 e. The first-order valence-electron chi connectivity index (χ1n) is 7.23. The van der Waals surface area contributed by atoms with Crippen molar-refractivity contribution >= 4 is 28.5 Å². The standard InChI is InChI=1S/C18H16ClNO3/c1-22-17(13-7-3-4-8-14(13)19)11-20-18(21)16-10-12-6-2-5-9-15(12)23-16/h2-10,17H,11H2,1H3,(H,20,21)/t17-/m1/s1. The largest absolute Gasteiger partial charge is 0.451 e. The second-order valence-electron chi connectivity index (χ2n) is 5.10. The summed E-state index contributed by atoms with van der Waals surface area (Å²) in [6.45, 7) is 0.302. The quantitative estimate of drug-likeness (QED) is 0.763. The maximum atomic E-state index is 12.3. The van der Waals surface area contributed by atoms with Crippen LogP contribution in [0.25, 0.3) is 11.0 Å². The Morgan fingerprint density at radius 1 is 1.22 bits per heavy atom. The third-order valence-electron chi connectivity index (χ3n) is 3.63. The molecule has 0 fully saturated rings. The molecule has 3 aromatic rings. The molecule has 0 radical (unpaired) electrons. The summed E-state index contributed by atoms with van der Waals surface area (Å²) in [5.41, 5.74) is 1.52. The monoisotopic (exact) mass is 329 g/mol. The second kappa shape index (κ2) is 6.86. The minimum Gasteiger partial charge on any atom is -0.451 e. The molecule has 0 spiro atoms. The summed E-state index contributed by atoms with van der Waals surface area (Å²) in [4.78, 5) is 12.3. The van der Waals surface area contributed by atoms with E-state index in [4.69, 9.17) is 20.8 Å². The van der Waals surface area contributed by atoms with Crippen molar-refractivity contribution in [1.82, 2.24) is 5.32 Å². The number of para-hydroxylation sites is 1. The van der Waals surface area contributed by atoms with E-state index in [2.05, 4.69) is 5.32 Å². The molecule has 0 saturated heterocycles. The first kappa shape index (κ1) is 15.6. The first-order chi connectivity index (χ1) is 11.2. The van der Waals surface area contributed by atoms with Gasteiger partial charge in [0.15, 0.2) is 5.76 Å². The number of carbonyl (C=O) groups excluding carboxylic acids is 1. The van der Waals surface area contributed by atoms with Crippen LogP contribution in [0.3, 0.4) is 0 Å². The predicted molar refractivity (Wildman–Crippen MR) is 89.7 cm³/mol. The minimum absolute atomic E-state index is 0.278. The molecule has 0 bridgehead atoms. The van der Waals surface area contributed by atoms with Crippen LogP contribution in [-0.4, -0.2) is 19.6 Å². The van der Waals surface area contributed by atoms with Crippen molar-refractivity contribution < 1.29 is 13.9 Å². The van der Waals surface area contributed by atoms with Gasteiger partial charge in [0, 0.05) is 29.6 Å². The van der Waals surface area contributed by atoms with Crippen LogP contribution in [0.15, 0.2) is 59.0 Å². The van der Waals surface area contributed by atoms with Crippen molar-refractivity contribution in [3.8, 4) is 0 Å². The van der Waals surface area contributed by atoms with Crippen LogP contribution >= 0.6 is 11.6 Å². The lowest BCUT2D eigenvalue weighted by molar-refractivity contribution is 0.0809. The summed E-state index contributed by atoms with van der Waals surface area (Å²) in [5, 5.41) is 4.32. The van der Waals surface area contributed by atoms with E-state index in [0.717, 1.165) is 10.9 Å². The van der Waals surface area contributed by atoms with Gasteiger partial charge in [-0.05, 0) is 18.2 Å². The first-order valence-corrected chi connectivity index (χ1v) is 7.61. The molecule has 0 saturated carbocycles. The number of methoxy groups -OCH3 is 1. The van der Waals surface area contributed by atoms with Gasteiger partial charge in [0.05, 0.1) is 0 Å². The van der Waals surface area contributed by atoms with Gasteiger partial charge >= 0.3 is 0 Å². The third-order valence-corrected chi connectivity index (χ3v) is 3.98. The maximum Gasteiger partial charge on any atom is 0.287 e. The molecule has 1 N–H and O–H groups in total. The highest BCUT2D eigenvalue weighted by molar-refractivity contribution is 6.31. The van der Waals surface area contributed by atoms with E-state index in [1.54, 1.807) is 19.2 Å². The molecule has 5 heteroatoms. The number of hydrogen-bond donors (Lipinski definition) is 1. The number of ether oxygens (including phenoxy) is 1. The van der Waals surface area contributed by atoms with Crippen LogP contribution in [0.5, 0.6) is 0 Å². The zero-order chi connectivity index (χ0) is 16.2. The summed E-state index contributed by atoms with van der Waals surface area (Å²) >= 11 is 6.17. The molecule has 0 unspecified atom stereocenters. The summed E-state index contributed by atoms with van der Waals surface area (Å²) < 4.78 is 11.0. The summed E-state index contributed by atoms with van der Waals surface area (Å²) in [6.07, 6.45) is -0.322. The average Bonchev–Trinajstić information content (AvgIpc) is 3.01. The Hall–Kier alpha value is -2.30. The minimum atomic E-state index is -0.322. The van der Waals surface area contributed by atoms with E-state index >= 15 is 0 Å². The molecular formula is C18H16ClNO3. The van der Waals surface area contributed by atoms with Gasteiger partial charge in [-0.25, -0.2) is 0 Å². The van der Waals surface area contributed by atoms with E-state index in [0.29, 0.717) is 17.2 Å². The van der Waals surface area contributed by atoms with Crippen LogP contribution < -0.4 is 5.32 Å². The van der Waals surface area contributed by atoms with Crippen molar-refractivity contribution in [3.63, 3.8) is 0 Å². The normalized spacial score (nSPS) is 12.3. The van der Waals surface area contributed by atoms with Gasteiger partial charge in [0.1, 0.15) is 11.7 Å². The third kappa shape index (κ3) is 3.38. The highest BCUT2D eigenvalue weighted by Crippen LogP contribution is 2.24. The molecule has 0 aliphatic carbocycles. The number of fused-ring (bicyclic) bond motifs is 1. The van der Waals surface area contributed by atoms with Crippen LogP contribution in [-0.2, 0) is 4.74 Å². The average molecular weight is 330 g/mol. The van der Waals surface area contributed by atoms with E-state index in [-0.39, 0.29) is 17.8 Å². The summed E-state index contributed by atoms with van der Waals surface area (Å²) in [7, 11) is 1.58. The number of benzene rings is 2.